The molecule has 17 heavy (non-hydrogen) atoms. The van der Waals surface area contributed by atoms with E-state index < -0.39 is 18.5 Å². The number of carboxylic acids is 2. The van der Waals surface area contributed by atoms with Gasteiger partial charge < -0.3 is 14.9 Å². The summed E-state index contributed by atoms with van der Waals surface area (Å²) < 4.78 is 4.86. The fourth-order valence-electron chi connectivity index (χ4n) is 0.732. The Kier molecular flexibility index (Phi) is 7.09. The molecule has 0 radical (unpaired) electrons. The first-order valence-corrected chi connectivity index (χ1v) is 5.07. The van der Waals surface area contributed by atoms with E-state index in [1.54, 1.807) is 6.07 Å². The van der Waals surface area contributed by atoms with Crippen molar-refractivity contribution in [2.45, 2.75) is 6.92 Å². The zero-order valence-electron chi connectivity index (χ0n) is 8.81. The monoisotopic (exact) mass is 280 g/mol. The summed E-state index contributed by atoms with van der Waals surface area (Å²) in [6.45, 7) is 0.668. The Labute approximate surface area is 108 Å². The van der Waals surface area contributed by atoms with Crippen molar-refractivity contribution in [3.63, 3.8) is 0 Å². The first-order valence-electron chi connectivity index (χ1n) is 4.32. The molecule has 0 aliphatic carbocycles. The highest BCUT2D eigenvalue weighted by Gasteiger charge is 2.04. The van der Waals surface area contributed by atoms with Crippen LogP contribution in [0.3, 0.4) is 0 Å². The number of aliphatic carboxylic acids is 2. The Hall–Kier alpha value is -1.46. The summed E-state index contributed by atoms with van der Waals surface area (Å²) in [5.74, 6) is -1.57. The molecule has 0 heterocycles. The predicted molar refractivity (Wildman–Crippen MR) is 62.9 cm³/mol. The molecule has 0 aliphatic heterocycles. The van der Waals surface area contributed by atoms with Gasteiger partial charge in [0.15, 0.2) is 6.61 Å². The Morgan fingerprint density at radius 1 is 1.29 bits per heavy atom. The molecule has 0 saturated heterocycles. The van der Waals surface area contributed by atoms with Crippen LogP contribution in [0.1, 0.15) is 6.92 Å². The van der Waals surface area contributed by atoms with Crippen molar-refractivity contribution in [3.8, 4) is 5.75 Å². The molecule has 0 amide bonds. The van der Waals surface area contributed by atoms with E-state index in [4.69, 9.17) is 42.9 Å². The normalized spacial score (nSPS) is 8.88. The maximum Gasteiger partial charge on any atom is 0.341 e. The molecule has 94 valence electrons. The third-order valence-electron chi connectivity index (χ3n) is 1.25. The summed E-state index contributed by atoms with van der Waals surface area (Å²) >= 11 is 11.3. The van der Waals surface area contributed by atoms with Crippen LogP contribution < -0.4 is 4.74 Å². The number of halogens is 2. The number of benzene rings is 1. The van der Waals surface area contributed by atoms with Crippen LogP contribution in [-0.2, 0) is 9.59 Å². The lowest BCUT2D eigenvalue weighted by atomic mass is 10.3. The number of hydrogen-bond donors (Lipinski definition) is 2. The minimum atomic E-state index is -1.05. The Bertz CT molecular complexity index is 402. The molecule has 7 heteroatoms. The lowest BCUT2D eigenvalue weighted by Gasteiger charge is -2.04. The molecule has 0 saturated carbocycles. The van der Waals surface area contributed by atoms with Crippen LogP contribution in [0.4, 0.5) is 0 Å². The highest BCUT2D eigenvalue weighted by molar-refractivity contribution is 6.35. The van der Waals surface area contributed by atoms with Crippen molar-refractivity contribution >= 4 is 35.1 Å². The predicted octanol–water partition coefficient (Wildman–Crippen LogP) is 2.55. The summed E-state index contributed by atoms with van der Waals surface area (Å²) in [6.07, 6.45) is 0. The second-order valence-corrected chi connectivity index (χ2v) is 3.62. The van der Waals surface area contributed by atoms with Gasteiger partial charge in [-0.2, -0.15) is 0 Å². The molecule has 0 bridgehead atoms. The first kappa shape index (κ1) is 15.5. The van der Waals surface area contributed by atoms with Crippen LogP contribution in [0.5, 0.6) is 5.75 Å². The van der Waals surface area contributed by atoms with Crippen molar-refractivity contribution in [2.75, 3.05) is 6.61 Å². The highest BCUT2D eigenvalue weighted by atomic mass is 35.5. The van der Waals surface area contributed by atoms with Gasteiger partial charge in [-0.25, -0.2) is 4.79 Å². The van der Waals surface area contributed by atoms with Crippen molar-refractivity contribution in [2.24, 2.45) is 0 Å². The second kappa shape index (κ2) is 7.76. The van der Waals surface area contributed by atoms with E-state index in [1.807, 2.05) is 0 Å². The van der Waals surface area contributed by atoms with E-state index in [0.29, 0.717) is 15.8 Å². The molecule has 2 N–H and O–H groups in total. The molecule has 0 unspecified atom stereocenters. The average molecular weight is 281 g/mol. The summed E-state index contributed by atoms with van der Waals surface area (Å²) in [7, 11) is 0. The fourth-order valence-corrected chi connectivity index (χ4v) is 1.19. The van der Waals surface area contributed by atoms with Gasteiger partial charge in [0.2, 0.25) is 0 Å². The van der Waals surface area contributed by atoms with E-state index in [2.05, 4.69) is 0 Å². The zero-order valence-corrected chi connectivity index (χ0v) is 10.3. The van der Waals surface area contributed by atoms with Crippen LogP contribution in [0.15, 0.2) is 18.2 Å². The van der Waals surface area contributed by atoms with Gasteiger partial charge in [-0.1, -0.05) is 23.2 Å². The van der Waals surface area contributed by atoms with E-state index >= 15 is 0 Å². The number of carbonyl (C=O) groups is 2. The van der Waals surface area contributed by atoms with Gasteiger partial charge in [0.1, 0.15) is 5.75 Å². The Morgan fingerprint density at radius 3 is 2.24 bits per heavy atom. The maximum atomic E-state index is 10.2. The van der Waals surface area contributed by atoms with Crippen molar-refractivity contribution < 1.29 is 24.5 Å². The van der Waals surface area contributed by atoms with Crippen LogP contribution in [0.2, 0.25) is 10.0 Å². The molecule has 0 aliphatic rings. The molecule has 1 aromatic carbocycles. The molecule has 0 fully saturated rings. The third-order valence-corrected chi connectivity index (χ3v) is 1.78. The third kappa shape index (κ3) is 8.36. The van der Waals surface area contributed by atoms with E-state index in [1.165, 1.54) is 12.1 Å². The standard InChI is InChI=1S/C8H6Cl2O3.C2H4O2/c9-5-1-2-7(6(10)3-5)13-4-8(11)12;1-2(3)4/h1-3H,4H2,(H,11,12);1H3,(H,3,4). The smallest absolute Gasteiger partial charge is 0.341 e. The highest BCUT2D eigenvalue weighted by Crippen LogP contribution is 2.27. The molecule has 0 aromatic heterocycles. The van der Waals surface area contributed by atoms with Crippen LogP contribution >= 0.6 is 23.2 Å². The quantitative estimate of drug-likeness (QED) is 0.889. The molecule has 5 nitrogen and oxygen atoms in total. The number of hydrogen-bond acceptors (Lipinski definition) is 3. The van der Waals surface area contributed by atoms with Gasteiger partial charge in [0.25, 0.3) is 5.97 Å². The number of rotatable bonds is 3. The lowest BCUT2D eigenvalue weighted by Crippen LogP contribution is -2.09. The van der Waals surface area contributed by atoms with Gasteiger partial charge in [0.05, 0.1) is 5.02 Å². The number of ether oxygens (including phenoxy) is 1. The molecule has 1 rings (SSSR count). The second-order valence-electron chi connectivity index (χ2n) is 2.78. The molecule has 0 atom stereocenters. The SMILES string of the molecule is CC(=O)O.O=C(O)COc1ccc(Cl)cc1Cl. The Morgan fingerprint density at radius 2 is 1.82 bits per heavy atom. The summed E-state index contributed by atoms with van der Waals surface area (Å²) in [5, 5.41) is 16.5. The van der Waals surface area contributed by atoms with Crippen molar-refractivity contribution in [1.82, 2.24) is 0 Å². The summed E-state index contributed by atoms with van der Waals surface area (Å²) in [6, 6.07) is 4.58. The molecular weight excluding hydrogens is 271 g/mol. The topological polar surface area (TPSA) is 83.8 Å². The minimum absolute atomic E-state index is 0.300. The van der Waals surface area contributed by atoms with Gasteiger partial charge in [-0.15, -0.1) is 0 Å². The van der Waals surface area contributed by atoms with Gasteiger partial charge in [-0.3, -0.25) is 4.79 Å². The van der Waals surface area contributed by atoms with Gasteiger partial charge >= 0.3 is 5.97 Å². The van der Waals surface area contributed by atoms with Gasteiger partial charge in [0, 0.05) is 11.9 Å². The largest absolute Gasteiger partial charge is 0.481 e. The van der Waals surface area contributed by atoms with E-state index in [9.17, 15) is 4.79 Å². The maximum absolute atomic E-state index is 10.2. The van der Waals surface area contributed by atoms with Crippen LogP contribution in [0, 0.1) is 0 Å². The average Bonchev–Trinajstić information content (AvgIpc) is 2.15. The van der Waals surface area contributed by atoms with Gasteiger partial charge in [-0.05, 0) is 18.2 Å². The zero-order chi connectivity index (χ0) is 13.4. The van der Waals surface area contributed by atoms with Crippen LogP contribution in [0.25, 0.3) is 0 Å². The molecular formula is C10H10Cl2O5. The molecule has 1 aromatic rings. The van der Waals surface area contributed by atoms with Crippen molar-refractivity contribution in [3.05, 3.63) is 28.2 Å². The van der Waals surface area contributed by atoms with Crippen molar-refractivity contribution in [1.29, 1.82) is 0 Å². The lowest BCUT2D eigenvalue weighted by molar-refractivity contribution is -0.139. The Balaban J connectivity index is 0.000000557. The van der Waals surface area contributed by atoms with E-state index in [-0.39, 0.29) is 0 Å². The molecule has 0 spiro atoms. The van der Waals surface area contributed by atoms with E-state index in [0.717, 1.165) is 6.92 Å². The summed E-state index contributed by atoms with van der Waals surface area (Å²) in [4.78, 5) is 19.2. The summed E-state index contributed by atoms with van der Waals surface area (Å²) in [5.41, 5.74) is 0. The minimum Gasteiger partial charge on any atom is -0.481 e. The fraction of sp³-hybridized carbons (Fsp3) is 0.200. The number of carboxylic acid groups (broad SMARTS) is 2. The first-order chi connectivity index (χ1) is 7.82. The van der Waals surface area contributed by atoms with Crippen LogP contribution in [-0.4, -0.2) is 28.8 Å².